The molecule has 0 aromatic heterocycles. The van der Waals surface area contributed by atoms with Gasteiger partial charge in [0, 0.05) is 0 Å². The molecule has 3 heteroatoms. The third-order valence-corrected chi connectivity index (χ3v) is 2.49. The van der Waals surface area contributed by atoms with Gasteiger partial charge in [-0.15, -0.1) is 0 Å². The van der Waals surface area contributed by atoms with E-state index in [1.165, 1.54) is 6.07 Å². The molecule has 0 amide bonds. The van der Waals surface area contributed by atoms with E-state index in [2.05, 4.69) is 6.07 Å². The SMILES string of the molecule is N#CCc1ccc(-c2ccc(F)c(F)c2)cc1. The van der Waals surface area contributed by atoms with Crippen LogP contribution >= 0.6 is 0 Å². The summed E-state index contributed by atoms with van der Waals surface area (Å²) in [4.78, 5) is 0. The maximum Gasteiger partial charge on any atom is 0.159 e. The minimum absolute atomic E-state index is 0.345. The Hall–Kier alpha value is -2.21. The fourth-order valence-corrected chi connectivity index (χ4v) is 1.58. The van der Waals surface area contributed by atoms with Gasteiger partial charge in [-0.1, -0.05) is 30.3 Å². The maximum absolute atomic E-state index is 13.0. The molecule has 0 saturated heterocycles. The van der Waals surface area contributed by atoms with E-state index in [4.69, 9.17) is 5.26 Å². The molecule has 2 aromatic rings. The highest BCUT2D eigenvalue weighted by atomic mass is 19.2. The van der Waals surface area contributed by atoms with E-state index in [1.807, 2.05) is 0 Å². The van der Waals surface area contributed by atoms with Gasteiger partial charge < -0.3 is 0 Å². The van der Waals surface area contributed by atoms with Gasteiger partial charge in [-0.25, -0.2) is 8.78 Å². The van der Waals surface area contributed by atoms with Crippen LogP contribution in [-0.4, -0.2) is 0 Å². The molecule has 2 rings (SSSR count). The quantitative estimate of drug-likeness (QED) is 0.770. The average Bonchev–Trinajstić information content (AvgIpc) is 2.34. The number of hydrogen-bond donors (Lipinski definition) is 0. The van der Waals surface area contributed by atoms with Crippen molar-refractivity contribution in [1.82, 2.24) is 0 Å². The second kappa shape index (κ2) is 4.75. The summed E-state index contributed by atoms with van der Waals surface area (Å²) in [7, 11) is 0. The third-order valence-electron chi connectivity index (χ3n) is 2.49. The molecule has 0 heterocycles. The summed E-state index contributed by atoms with van der Waals surface area (Å²) in [6.07, 6.45) is 0.345. The van der Waals surface area contributed by atoms with Crippen molar-refractivity contribution in [2.75, 3.05) is 0 Å². The zero-order chi connectivity index (χ0) is 12.3. The summed E-state index contributed by atoms with van der Waals surface area (Å²) in [5, 5.41) is 8.53. The number of nitrogens with zero attached hydrogens (tertiary/aromatic N) is 1. The van der Waals surface area contributed by atoms with Gasteiger partial charge >= 0.3 is 0 Å². The molecule has 0 N–H and O–H groups in total. The van der Waals surface area contributed by atoms with Crippen LogP contribution in [0.25, 0.3) is 11.1 Å². The van der Waals surface area contributed by atoms with Crippen LogP contribution in [0.4, 0.5) is 8.78 Å². The minimum atomic E-state index is -0.858. The Balaban J connectivity index is 2.33. The first-order chi connectivity index (χ1) is 8.20. The molecule has 0 aliphatic rings. The predicted molar refractivity (Wildman–Crippen MR) is 61.1 cm³/mol. The van der Waals surface area contributed by atoms with Crippen molar-refractivity contribution >= 4 is 0 Å². The number of halogens is 2. The average molecular weight is 229 g/mol. The van der Waals surface area contributed by atoms with Gasteiger partial charge in [0.15, 0.2) is 11.6 Å². The van der Waals surface area contributed by atoms with E-state index in [0.29, 0.717) is 12.0 Å². The Bertz CT molecular complexity index is 568. The largest absolute Gasteiger partial charge is 0.204 e. The lowest BCUT2D eigenvalue weighted by atomic mass is 10.0. The Morgan fingerprint density at radius 3 is 2.12 bits per heavy atom. The Labute approximate surface area is 97.9 Å². The van der Waals surface area contributed by atoms with Gasteiger partial charge in [0.05, 0.1) is 12.5 Å². The first kappa shape index (κ1) is 11.3. The van der Waals surface area contributed by atoms with Gasteiger partial charge in [-0.2, -0.15) is 5.26 Å². The highest BCUT2D eigenvalue weighted by Gasteiger charge is 2.04. The molecule has 0 atom stereocenters. The Morgan fingerprint density at radius 1 is 0.882 bits per heavy atom. The summed E-state index contributed by atoms with van der Waals surface area (Å²) in [6, 6.07) is 13.0. The fraction of sp³-hybridized carbons (Fsp3) is 0.0714. The van der Waals surface area contributed by atoms with Gasteiger partial charge in [-0.3, -0.25) is 0 Å². The second-order valence-corrected chi connectivity index (χ2v) is 3.66. The molecule has 0 spiro atoms. The molecular formula is C14H9F2N. The van der Waals surface area contributed by atoms with Crippen molar-refractivity contribution in [3.63, 3.8) is 0 Å². The van der Waals surface area contributed by atoms with Crippen LogP contribution in [-0.2, 0) is 6.42 Å². The van der Waals surface area contributed by atoms with Crippen molar-refractivity contribution in [2.24, 2.45) is 0 Å². The number of nitriles is 1. The highest BCUT2D eigenvalue weighted by molar-refractivity contribution is 5.63. The van der Waals surface area contributed by atoms with E-state index < -0.39 is 11.6 Å². The van der Waals surface area contributed by atoms with Crippen molar-refractivity contribution in [3.05, 3.63) is 59.7 Å². The summed E-state index contributed by atoms with van der Waals surface area (Å²) in [5.74, 6) is -1.71. The predicted octanol–water partition coefficient (Wildman–Crippen LogP) is 3.70. The van der Waals surface area contributed by atoms with Crippen LogP contribution in [0.5, 0.6) is 0 Å². The van der Waals surface area contributed by atoms with E-state index in [-0.39, 0.29) is 0 Å². The zero-order valence-electron chi connectivity index (χ0n) is 8.95. The van der Waals surface area contributed by atoms with Gasteiger partial charge in [-0.05, 0) is 28.8 Å². The van der Waals surface area contributed by atoms with E-state index >= 15 is 0 Å². The standard InChI is InChI=1S/C14H9F2N/c15-13-6-5-12(9-14(13)16)11-3-1-10(2-4-11)7-8-17/h1-6,9H,7H2. The smallest absolute Gasteiger partial charge is 0.159 e. The number of benzene rings is 2. The molecule has 0 radical (unpaired) electrons. The lowest BCUT2D eigenvalue weighted by molar-refractivity contribution is 0.509. The second-order valence-electron chi connectivity index (χ2n) is 3.66. The lowest BCUT2D eigenvalue weighted by Gasteiger charge is -2.03. The minimum Gasteiger partial charge on any atom is -0.204 e. The summed E-state index contributed by atoms with van der Waals surface area (Å²) in [6.45, 7) is 0. The van der Waals surface area contributed by atoms with Crippen LogP contribution in [0.2, 0.25) is 0 Å². The summed E-state index contributed by atoms with van der Waals surface area (Å²) < 4.78 is 25.8. The summed E-state index contributed by atoms with van der Waals surface area (Å²) in [5.41, 5.74) is 2.32. The van der Waals surface area contributed by atoms with Crippen LogP contribution in [0, 0.1) is 23.0 Å². The monoisotopic (exact) mass is 229 g/mol. The van der Waals surface area contributed by atoms with Crippen LogP contribution in [0.15, 0.2) is 42.5 Å². The molecule has 17 heavy (non-hydrogen) atoms. The molecule has 1 nitrogen and oxygen atoms in total. The summed E-state index contributed by atoms with van der Waals surface area (Å²) >= 11 is 0. The Kier molecular flexibility index (Phi) is 3.15. The topological polar surface area (TPSA) is 23.8 Å². The van der Waals surface area contributed by atoms with Crippen molar-refractivity contribution < 1.29 is 8.78 Å². The first-order valence-corrected chi connectivity index (χ1v) is 5.12. The Morgan fingerprint density at radius 2 is 1.53 bits per heavy atom. The zero-order valence-corrected chi connectivity index (χ0v) is 8.95. The highest BCUT2D eigenvalue weighted by Crippen LogP contribution is 2.22. The fourth-order valence-electron chi connectivity index (χ4n) is 1.58. The van der Waals surface area contributed by atoms with Gasteiger partial charge in [0.25, 0.3) is 0 Å². The molecule has 0 bridgehead atoms. The van der Waals surface area contributed by atoms with Crippen LogP contribution in [0.3, 0.4) is 0 Å². The molecule has 0 saturated carbocycles. The number of rotatable bonds is 2. The first-order valence-electron chi connectivity index (χ1n) is 5.12. The van der Waals surface area contributed by atoms with Gasteiger partial charge in [0.1, 0.15) is 0 Å². The van der Waals surface area contributed by atoms with Crippen LogP contribution < -0.4 is 0 Å². The molecular weight excluding hydrogens is 220 g/mol. The molecule has 0 unspecified atom stereocenters. The van der Waals surface area contributed by atoms with Crippen molar-refractivity contribution in [1.29, 1.82) is 5.26 Å². The van der Waals surface area contributed by atoms with E-state index in [0.717, 1.165) is 23.3 Å². The molecule has 0 fully saturated rings. The normalized spacial score (nSPS) is 9.94. The molecule has 0 aliphatic carbocycles. The molecule has 84 valence electrons. The van der Waals surface area contributed by atoms with E-state index in [1.54, 1.807) is 24.3 Å². The van der Waals surface area contributed by atoms with Crippen molar-refractivity contribution in [2.45, 2.75) is 6.42 Å². The lowest BCUT2D eigenvalue weighted by Crippen LogP contribution is -1.86. The molecule has 2 aromatic carbocycles. The number of hydrogen-bond acceptors (Lipinski definition) is 1. The van der Waals surface area contributed by atoms with Crippen LogP contribution in [0.1, 0.15) is 5.56 Å². The van der Waals surface area contributed by atoms with Crippen molar-refractivity contribution in [3.8, 4) is 17.2 Å². The third kappa shape index (κ3) is 2.48. The van der Waals surface area contributed by atoms with E-state index in [9.17, 15) is 8.78 Å². The maximum atomic E-state index is 13.0. The van der Waals surface area contributed by atoms with Gasteiger partial charge in [0.2, 0.25) is 0 Å². The molecule has 0 aliphatic heterocycles.